The topological polar surface area (TPSA) is 63.8 Å². The molecule has 0 aliphatic rings. The first-order valence-electron chi connectivity index (χ1n) is 9.38. The molecular weight excluding hydrogens is 663 g/mol. The molecular formula is C23H13Br3Cl2N2O3. The maximum atomic E-state index is 12.4. The van der Waals surface area contributed by atoms with Gasteiger partial charge in [-0.3, -0.25) is 4.79 Å². The maximum Gasteiger partial charge on any atom is 0.307 e. The molecule has 4 rings (SSSR count). The van der Waals surface area contributed by atoms with Crippen molar-refractivity contribution in [1.29, 1.82) is 0 Å². The van der Waals surface area contributed by atoms with Gasteiger partial charge in [0.1, 0.15) is 12.2 Å². The zero-order valence-corrected chi connectivity index (χ0v) is 22.8. The SMILES string of the molecule is O=C(N/N=C\c1cc(Cl)c(OCc2ccc(Br)cc2)c(Cl)c1)c1cc2cc(Br)cc(Br)c2o1. The lowest BCUT2D eigenvalue weighted by molar-refractivity contribution is 0.0929. The fraction of sp³-hybridized carbons (Fsp3) is 0.0435. The zero-order valence-electron chi connectivity index (χ0n) is 16.5. The molecule has 0 spiro atoms. The molecule has 168 valence electrons. The summed E-state index contributed by atoms with van der Waals surface area (Å²) in [7, 11) is 0. The number of carbonyl (C=O) groups is 1. The molecule has 0 unspecified atom stereocenters. The Hall–Kier alpha value is -1.84. The number of hydrogen-bond acceptors (Lipinski definition) is 4. The number of hydrazone groups is 1. The number of benzene rings is 3. The quantitative estimate of drug-likeness (QED) is 0.165. The van der Waals surface area contributed by atoms with Crippen LogP contribution in [0.15, 0.2) is 77.5 Å². The molecule has 0 aliphatic carbocycles. The van der Waals surface area contributed by atoms with Crippen molar-refractivity contribution >= 4 is 94.1 Å². The fourth-order valence-corrected chi connectivity index (χ4v) is 5.15. The number of ether oxygens (including phenoxy) is 1. The molecule has 0 atom stereocenters. The second-order valence-corrected chi connectivity index (χ2v) is 10.3. The Balaban J connectivity index is 1.42. The Morgan fingerprint density at radius 3 is 2.39 bits per heavy atom. The van der Waals surface area contributed by atoms with Crippen molar-refractivity contribution in [2.45, 2.75) is 6.61 Å². The molecule has 33 heavy (non-hydrogen) atoms. The molecule has 0 radical (unpaired) electrons. The summed E-state index contributed by atoms with van der Waals surface area (Å²) in [6.07, 6.45) is 1.43. The van der Waals surface area contributed by atoms with Gasteiger partial charge >= 0.3 is 5.91 Å². The predicted octanol–water partition coefficient (Wildman–Crippen LogP) is 8.37. The van der Waals surface area contributed by atoms with Crippen molar-refractivity contribution in [2.75, 3.05) is 0 Å². The normalized spacial score (nSPS) is 11.3. The van der Waals surface area contributed by atoms with Crippen molar-refractivity contribution in [3.8, 4) is 5.75 Å². The highest BCUT2D eigenvalue weighted by Gasteiger charge is 2.14. The van der Waals surface area contributed by atoms with Gasteiger partial charge in [-0.1, -0.05) is 67.2 Å². The van der Waals surface area contributed by atoms with Gasteiger partial charge in [-0.05, 0) is 69.5 Å². The summed E-state index contributed by atoms with van der Waals surface area (Å²) >= 11 is 22.9. The molecule has 1 aromatic heterocycles. The second-order valence-electron chi connectivity index (χ2n) is 6.84. The number of amides is 1. The van der Waals surface area contributed by atoms with Crippen LogP contribution in [0.4, 0.5) is 0 Å². The van der Waals surface area contributed by atoms with Crippen LogP contribution in [0.1, 0.15) is 21.7 Å². The van der Waals surface area contributed by atoms with Crippen molar-refractivity contribution in [1.82, 2.24) is 5.43 Å². The van der Waals surface area contributed by atoms with Crippen LogP contribution < -0.4 is 10.2 Å². The molecule has 1 amide bonds. The first kappa shape index (κ1) is 24.3. The van der Waals surface area contributed by atoms with Crippen LogP contribution in [-0.2, 0) is 6.61 Å². The Bertz CT molecular complexity index is 1350. The van der Waals surface area contributed by atoms with Gasteiger partial charge in [0.15, 0.2) is 11.5 Å². The average Bonchev–Trinajstić information content (AvgIpc) is 3.19. The molecule has 0 fully saturated rings. The number of fused-ring (bicyclic) bond motifs is 1. The third-order valence-electron chi connectivity index (χ3n) is 4.46. The van der Waals surface area contributed by atoms with Crippen molar-refractivity contribution in [3.05, 3.63) is 94.9 Å². The standard InChI is InChI=1S/C23H13Br3Cl2N2O3/c24-15-3-1-12(2-4-15)11-32-22-18(27)5-13(6-19(22)28)10-29-30-23(31)20-8-14-7-16(25)9-17(26)21(14)33-20/h1-10H,11H2,(H,30,31)/b29-10-. The van der Waals surface area contributed by atoms with E-state index in [1.165, 1.54) is 6.21 Å². The van der Waals surface area contributed by atoms with E-state index < -0.39 is 5.91 Å². The Labute approximate surface area is 224 Å². The van der Waals surface area contributed by atoms with Crippen LogP contribution in [0.5, 0.6) is 5.75 Å². The number of nitrogens with zero attached hydrogens (tertiary/aromatic N) is 1. The van der Waals surface area contributed by atoms with Crippen LogP contribution >= 0.6 is 71.0 Å². The van der Waals surface area contributed by atoms with E-state index in [-0.39, 0.29) is 5.76 Å². The van der Waals surface area contributed by atoms with E-state index >= 15 is 0 Å². The zero-order chi connectivity index (χ0) is 23.5. The highest BCUT2D eigenvalue weighted by atomic mass is 79.9. The molecule has 4 aromatic rings. The molecule has 0 aliphatic heterocycles. The molecule has 5 nitrogen and oxygen atoms in total. The number of halogens is 5. The van der Waals surface area contributed by atoms with Crippen molar-refractivity contribution in [3.63, 3.8) is 0 Å². The van der Waals surface area contributed by atoms with E-state index in [1.807, 2.05) is 36.4 Å². The van der Waals surface area contributed by atoms with Crippen LogP contribution in [0.25, 0.3) is 11.0 Å². The van der Waals surface area contributed by atoms with Gasteiger partial charge in [-0.2, -0.15) is 5.10 Å². The Kier molecular flexibility index (Phi) is 7.81. The second kappa shape index (κ2) is 10.6. The molecule has 1 heterocycles. The van der Waals surface area contributed by atoms with Crippen LogP contribution in [0.3, 0.4) is 0 Å². The summed E-state index contributed by atoms with van der Waals surface area (Å²) in [6, 6.07) is 16.4. The van der Waals surface area contributed by atoms with Gasteiger partial charge in [0.05, 0.1) is 20.7 Å². The number of nitrogens with one attached hydrogen (secondary N) is 1. The largest absolute Gasteiger partial charge is 0.486 e. The third-order valence-corrected chi connectivity index (χ3v) is 6.59. The number of hydrogen-bond donors (Lipinski definition) is 1. The lowest BCUT2D eigenvalue weighted by atomic mass is 10.2. The number of furan rings is 1. The highest BCUT2D eigenvalue weighted by Crippen LogP contribution is 2.34. The minimum atomic E-state index is -0.489. The lowest BCUT2D eigenvalue weighted by Gasteiger charge is -2.11. The van der Waals surface area contributed by atoms with Crippen LogP contribution in [0, 0.1) is 0 Å². The van der Waals surface area contributed by atoms with Gasteiger partial charge in [0.25, 0.3) is 0 Å². The van der Waals surface area contributed by atoms with Crippen LogP contribution in [-0.4, -0.2) is 12.1 Å². The Morgan fingerprint density at radius 1 is 1.00 bits per heavy atom. The molecule has 3 aromatic carbocycles. The van der Waals surface area contributed by atoms with Gasteiger partial charge in [0, 0.05) is 14.3 Å². The lowest BCUT2D eigenvalue weighted by Crippen LogP contribution is -2.16. The highest BCUT2D eigenvalue weighted by molar-refractivity contribution is 9.11. The Morgan fingerprint density at radius 2 is 1.70 bits per heavy atom. The van der Waals surface area contributed by atoms with Crippen molar-refractivity contribution < 1.29 is 13.9 Å². The number of carbonyl (C=O) groups excluding carboxylic acids is 1. The summed E-state index contributed by atoms with van der Waals surface area (Å²) in [5.74, 6) is 0.0206. The van der Waals surface area contributed by atoms with E-state index in [0.29, 0.717) is 33.5 Å². The van der Waals surface area contributed by atoms with Gasteiger partial charge in [-0.15, -0.1) is 0 Å². The van der Waals surface area contributed by atoms with Crippen LogP contribution in [0.2, 0.25) is 10.0 Å². The number of rotatable bonds is 6. The summed E-state index contributed by atoms with van der Waals surface area (Å²) in [6.45, 7) is 0.320. The predicted molar refractivity (Wildman–Crippen MR) is 142 cm³/mol. The minimum Gasteiger partial charge on any atom is -0.486 e. The summed E-state index contributed by atoms with van der Waals surface area (Å²) < 4.78 is 14.0. The molecule has 0 bridgehead atoms. The minimum absolute atomic E-state index is 0.133. The third kappa shape index (κ3) is 6.00. The van der Waals surface area contributed by atoms with Crippen molar-refractivity contribution in [2.24, 2.45) is 5.10 Å². The molecule has 0 saturated carbocycles. The smallest absolute Gasteiger partial charge is 0.307 e. The maximum absolute atomic E-state index is 12.4. The van der Waals surface area contributed by atoms with Gasteiger partial charge < -0.3 is 9.15 Å². The first-order valence-corrected chi connectivity index (χ1v) is 12.5. The molecule has 1 N–H and O–H groups in total. The summed E-state index contributed by atoms with van der Waals surface area (Å²) in [5, 5.41) is 5.42. The van der Waals surface area contributed by atoms with E-state index in [2.05, 4.69) is 58.3 Å². The first-order chi connectivity index (χ1) is 15.8. The van der Waals surface area contributed by atoms with E-state index in [4.69, 9.17) is 32.4 Å². The monoisotopic (exact) mass is 672 g/mol. The van der Waals surface area contributed by atoms with Gasteiger partial charge in [-0.25, -0.2) is 5.43 Å². The summed E-state index contributed by atoms with van der Waals surface area (Å²) in [4.78, 5) is 12.4. The fourth-order valence-electron chi connectivity index (χ4n) is 2.94. The van der Waals surface area contributed by atoms with E-state index in [0.717, 1.165) is 24.4 Å². The van der Waals surface area contributed by atoms with E-state index in [1.54, 1.807) is 18.2 Å². The van der Waals surface area contributed by atoms with E-state index in [9.17, 15) is 4.79 Å². The average molecular weight is 676 g/mol. The molecule has 10 heteroatoms. The van der Waals surface area contributed by atoms with Gasteiger partial charge in [0.2, 0.25) is 0 Å². The molecule has 0 saturated heterocycles. The summed E-state index contributed by atoms with van der Waals surface area (Å²) in [5.41, 5.74) is 4.58.